The zero-order valence-corrected chi connectivity index (χ0v) is 18.8. The van der Waals surface area contributed by atoms with Gasteiger partial charge in [0.05, 0.1) is 30.9 Å². The van der Waals surface area contributed by atoms with Gasteiger partial charge in [0.2, 0.25) is 0 Å². The third-order valence-corrected chi connectivity index (χ3v) is 6.95. The first-order valence-electron chi connectivity index (χ1n) is 11.2. The van der Waals surface area contributed by atoms with Crippen LogP contribution in [0.4, 0.5) is 26.3 Å². The average Bonchev–Trinajstić information content (AvgIpc) is 3.17. The molecule has 0 spiro atoms. The number of alkyl halides is 6. The van der Waals surface area contributed by atoms with Crippen molar-refractivity contribution in [2.75, 3.05) is 13.2 Å². The summed E-state index contributed by atoms with van der Waals surface area (Å²) in [5.41, 5.74) is -2.65. The number of piperidine rings is 1. The molecule has 2 heterocycles. The predicted molar refractivity (Wildman–Crippen MR) is 115 cm³/mol. The van der Waals surface area contributed by atoms with Crippen molar-refractivity contribution in [3.05, 3.63) is 87.1 Å². The second-order valence-electron chi connectivity index (χ2n) is 9.41. The molecular weight excluding hydrogens is 490 g/mol. The van der Waals surface area contributed by atoms with Crippen LogP contribution in [0.5, 0.6) is 0 Å². The number of hydrogen-bond acceptors (Lipinski definition) is 4. The Morgan fingerprint density at radius 3 is 2.28 bits per heavy atom. The first kappa shape index (κ1) is 24.6. The highest BCUT2D eigenvalue weighted by Gasteiger charge is 2.66. The number of aromatic nitrogens is 3. The molecule has 2 fully saturated rings. The monoisotopic (exact) mass is 512 g/mol. The summed E-state index contributed by atoms with van der Waals surface area (Å²) < 4.78 is 84.9. The van der Waals surface area contributed by atoms with Gasteiger partial charge in [-0.2, -0.15) is 31.4 Å². The number of rotatable bonds is 7. The van der Waals surface area contributed by atoms with Crippen molar-refractivity contribution < 1.29 is 31.1 Å². The van der Waals surface area contributed by atoms with E-state index < -0.39 is 29.2 Å². The average molecular weight is 512 g/mol. The summed E-state index contributed by atoms with van der Waals surface area (Å²) in [6.07, 6.45) is -9.00. The third-order valence-electron chi connectivity index (χ3n) is 6.95. The molecule has 192 valence electrons. The molecule has 0 amide bonds. The minimum Gasteiger partial charge on any atom is -0.376 e. The fourth-order valence-corrected chi connectivity index (χ4v) is 5.36. The van der Waals surface area contributed by atoms with Crippen molar-refractivity contribution in [1.82, 2.24) is 20.1 Å². The summed E-state index contributed by atoms with van der Waals surface area (Å²) in [6.45, 7) is 0.858. The largest absolute Gasteiger partial charge is 0.416 e. The van der Waals surface area contributed by atoms with E-state index in [2.05, 4.69) is 20.1 Å². The maximum absolute atomic E-state index is 13.2. The van der Waals surface area contributed by atoms with Crippen molar-refractivity contribution >= 4 is 0 Å². The van der Waals surface area contributed by atoms with E-state index in [4.69, 9.17) is 4.74 Å². The molecule has 1 saturated heterocycles. The van der Waals surface area contributed by atoms with Crippen LogP contribution in [0.25, 0.3) is 0 Å². The zero-order valence-electron chi connectivity index (χ0n) is 18.8. The van der Waals surface area contributed by atoms with Crippen LogP contribution in [0.15, 0.2) is 53.3 Å². The number of likely N-dealkylation sites (tertiary alicyclic amines) is 1. The molecule has 0 bridgehead atoms. The first-order chi connectivity index (χ1) is 17.0. The lowest BCUT2D eigenvalue weighted by Gasteiger charge is -2.32. The number of halogens is 6. The Labute approximate surface area is 201 Å². The predicted octanol–water partition coefficient (Wildman–Crippen LogP) is 4.92. The van der Waals surface area contributed by atoms with E-state index in [1.807, 2.05) is 30.3 Å². The molecule has 0 radical (unpaired) electrons. The molecule has 5 rings (SSSR count). The lowest BCUT2D eigenvalue weighted by atomic mass is 9.90. The van der Waals surface area contributed by atoms with E-state index in [9.17, 15) is 31.1 Å². The van der Waals surface area contributed by atoms with Gasteiger partial charge in [-0.1, -0.05) is 30.3 Å². The molecule has 6 nitrogen and oxygen atoms in total. The molecule has 3 atom stereocenters. The second-order valence-corrected chi connectivity index (χ2v) is 9.41. The minimum absolute atomic E-state index is 0.110. The van der Waals surface area contributed by atoms with Gasteiger partial charge in [0.1, 0.15) is 5.82 Å². The summed E-state index contributed by atoms with van der Waals surface area (Å²) >= 11 is 0. The maximum atomic E-state index is 13.2. The van der Waals surface area contributed by atoms with Gasteiger partial charge in [0.25, 0.3) is 0 Å². The molecule has 12 heteroatoms. The number of ether oxygens (including phenoxy) is 1. The molecule has 3 aromatic rings. The van der Waals surface area contributed by atoms with Crippen LogP contribution in [0, 0.1) is 11.3 Å². The number of aromatic amines is 2. The van der Waals surface area contributed by atoms with Crippen LogP contribution in [-0.2, 0) is 30.2 Å². The van der Waals surface area contributed by atoms with Gasteiger partial charge >= 0.3 is 18.0 Å². The smallest absolute Gasteiger partial charge is 0.376 e. The molecule has 2 aliphatic rings. The van der Waals surface area contributed by atoms with Gasteiger partial charge in [-0.25, -0.2) is 9.89 Å². The number of hydrogen-bond donors (Lipinski definition) is 2. The van der Waals surface area contributed by atoms with Crippen molar-refractivity contribution in [2.45, 2.75) is 38.0 Å². The lowest BCUT2D eigenvalue weighted by molar-refractivity contribution is -0.143. The number of H-pyrrole nitrogens is 2. The Balaban J connectivity index is 1.35. The van der Waals surface area contributed by atoms with E-state index in [-0.39, 0.29) is 42.2 Å². The maximum Gasteiger partial charge on any atom is 0.416 e. The number of benzene rings is 2. The highest BCUT2D eigenvalue weighted by molar-refractivity contribution is 5.34. The van der Waals surface area contributed by atoms with Gasteiger partial charge in [-0.05, 0) is 41.7 Å². The van der Waals surface area contributed by atoms with Gasteiger partial charge in [0, 0.05) is 18.0 Å². The summed E-state index contributed by atoms with van der Waals surface area (Å²) in [4.78, 5) is 16.2. The van der Waals surface area contributed by atoms with Gasteiger partial charge < -0.3 is 4.74 Å². The number of nitrogens with one attached hydrogen (secondary N) is 2. The first-order valence-corrected chi connectivity index (χ1v) is 11.2. The Kier molecular flexibility index (Phi) is 5.98. The summed E-state index contributed by atoms with van der Waals surface area (Å²) in [5.74, 6) is 0.711. The summed E-state index contributed by atoms with van der Waals surface area (Å²) in [7, 11) is 0. The van der Waals surface area contributed by atoms with Crippen LogP contribution in [0.2, 0.25) is 0 Å². The molecule has 1 saturated carbocycles. The van der Waals surface area contributed by atoms with E-state index in [0.717, 1.165) is 12.0 Å². The molecule has 0 unspecified atom stereocenters. The SMILES string of the molecule is O=c1[nH]nc(CN2C[C@H]3C[C@@]3(COCc3cc(C(F)(F)F)cc(C(F)(F)F)c3)[C@@H]2c2ccccc2)[nH]1. The molecule has 1 aliphatic heterocycles. The van der Waals surface area contributed by atoms with Gasteiger partial charge in [-0.3, -0.25) is 9.88 Å². The van der Waals surface area contributed by atoms with Crippen LogP contribution < -0.4 is 5.69 Å². The Bertz CT molecular complexity index is 1250. The van der Waals surface area contributed by atoms with E-state index >= 15 is 0 Å². The highest BCUT2D eigenvalue weighted by atomic mass is 19.4. The molecule has 1 aromatic heterocycles. The van der Waals surface area contributed by atoms with Crippen molar-refractivity contribution in [2.24, 2.45) is 11.3 Å². The zero-order chi connectivity index (χ0) is 25.7. The molecular formula is C24H22F6N4O2. The molecule has 2 N–H and O–H groups in total. The second kappa shape index (κ2) is 8.77. The standard InChI is InChI=1S/C24H22F6N4O2/c25-23(26,27)16-6-14(7-17(8-16)24(28,29)30)12-36-13-22-9-18(22)10-34(11-19-31-21(35)33-32-19)20(22)15-4-2-1-3-5-15/h1-8,18,20H,9-13H2,(H2,31,32,33,35)/t18-,20+,22+/m1/s1. The molecule has 1 aliphatic carbocycles. The van der Waals surface area contributed by atoms with Crippen molar-refractivity contribution in [3.8, 4) is 0 Å². The van der Waals surface area contributed by atoms with Crippen LogP contribution in [-0.4, -0.2) is 33.2 Å². The highest BCUT2D eigenvalue weighted by Crippen LogP contribution is 2.67. The van der Waals surface area contributed by atoms with Crippen molar-refractivity contribution in [1.29, 1.82) is 0 Å². The number of nitrogens with zero attached hydrogens (tertiary/aromatic N) is 2. The molecule has 2 aromatic carbocycles. The fourth-order valence-electron chi connectivity index (χ4n) is 5.36. The summed E-state index contributed by atoms with van der Waals surface area (Å²) in [5, 5.41) is 6.32. The minimum atomic E-state index is -4.91. The summed E-state index contributed by atoms with van der Waals surface area (Å²) in [6, 6.07) is 11.0. The topological polar surface area (TPSA) is 74.0 Å². The van der Waals surface area contributed by atoms with Crippen molar-refractivity contribution in [3.63, 3.8) is 0 Å². The van der Waals surface area contributed by atoms with Gasteiger partial charge in [-0.15, -0.1) is 0 Å². The van der Waals surface area contributed by atoms with Crippen LogP contribution in [0.1, 0.15) is 40.5 Å². The van der Waals surface area contributed by atoms with Crippen LogP contribution in [0.3, 0.4) is 0 Å². The lowest BCUT2D eigenvalue weighted by Crippen LogP contribution is -2.31. The van der Waals surface area contributed by atoms with E-state index in [1.165, 1.54) is 0 Å². The normalized spacial score (nSPS) is 24.2. The molecule has 36 heavy (non-hydrogen) atoms. The Morgan fingerprint density at radius 2 is 1.69 bits per heavy atom. The Hall–Kier alpha value is -3.12. The number of fused-ring (bicyclic) bond motifs is 1. The van der Waals surface area contributed by atoms with Gasteiger partial charge in [0.15, 0.2) is 0 Å². The Morgan fingerprint density at radius 1 is 1.03 bits per heavy atom. The quantitative estimate of drug-likeness (QED) is 0.441. The van der Waals surface area contributed by atoms with E-state index in [1.54, 1.807) is 0 Å². The fraction of sp³-hybridized carbons (Fsp3) is 0.417. The third kappa shape index (κ3) is 4.79. The van der Waals surface area contributed by atoms with E-state index in [0.29, 0.717) is 31.0 Å². The van der Waals surface area contributed by atoms with Crippen LogP contribution >= 0.6 is 0 Å².